The van der Waals surface area contributed by atoms with Crippen LogP contribution >= 0.6 is 0 Å². The molecule has 4 rings (SSSR count). The molecule has 1 aliphatic heterocycles. The zero-order chi connectivity index (χ0) is 17.1. The monoisotopic (exact) mass is 335 g/mol. The third kappa shape index (κ3) is 3.16. The van der Waals surface area contributed by atoms with Crippen molar-refractivity contribution in [3.63, 3.8) is 0 Å². The largest absolute Gasteiger partial charge is 0.377 e. The Bertz CT molecular complexity index is 849. The number of carbonyl (C=O) groups is 1. The van der Waals surface area contributed by atoms with Gasteiger partial charge in [-0.2, -0.15) is 4.98 Å². The van der Waals surface area contributed by atoms with Crippen molar-refractivity contribution in [2.45, 2.75) is 6.04 Å². The molecule has 2 heterocycles. The van der Waals surface area contributed by atoms with Gasteiger partial charge in [-0.3, -0.25) is 4.79 Å². The van der Waals surface area contributed by atoms with Gasteiger partial charge in [0, 0.05) is 17.7 Å². The van der Waals surface area contributed by atoms with Crippen LogP contribution in [0.15, 0.2) is 65.5 Å². The van der Waals surface area contributed by atoms with E-state index in [1.165, 1.54) is 6.39 Å². The molecule has 1 unspecified atom stereocenters. The van der Waals surface area contributed by atoms with E-state index < -0.39 is 0 Å². The van der Waals surface area contributed by atoms with Crippen molar-refractivity contribution >= 4 is 5.91 Å². The maximum absolute atomic E-state index is 13.1. The van der Waals surface area contributed by atoms with Crippen LogP contribution in [0.2, 0.25) is 0 Å². The highest BCUT2D eigenvalue weighted by Gasteiger charge is 2.29. The first-order valence-corrected chi connectivity index (χ1v) is 8.13. The summed E-state index contributed by atoms with van der Waals surface area (Å²) in [4.78, 5) is 19.0. The summed E-state index contributed by atoms with van der Waals surface area (Å²) in [7, 11) is 0. The highest BCUT2D eigenvalue weighted by molar-refractivity contribution is 5.95. The topological polar surface area (TPSA) is 68.5 Å². The number of hydrogen-bond acceptors (Lipinski definition) is 5. The van der Waals surface area contributed by atoms with Crippen LogP contribution in [0, 0.1) is 0 Å². The van der Waals surface area contributed by atoms with E-state index in [9.17, 15) is 4.79 Å². The lowest BCUT2D eigenvalue weighted by atomic mass is 10.0. The minimum Gasteiger partial charge on any atom is -0.377 e. The Hall–Kier alpha value is -2.99. The van der Waals surface area contributed by atoms with Crippen LogP contribution in [0.1, 0.15) is 22.0 Å². The molecular weight excluding hydrogens is 318 g/mol. The first-order valence-electron chi connectivity index (χ1n) is 8.13. The molecule has 1 aromatic heterocycles. The molecule has 6 nitrogen and oxygen atoms in total. The second kappa shape index (κ2) is 6.86. The molecule has 1 atom stereocenters. The number of benzene rings is 2. The molecule has 0 saturated carbocycles. The van der Waals surface area contributed by atoms with Crippen LogP contribution in [0.5, 0.6) is 0 Å². The standard InChI is InChI=1S/C19H17N3O3/c23-19(16-8-4-7-15(11-16)18-20-13-25-21-18)22-9-10-24-12-17(22)14-5-2-1-3-6-14/h1-8,11,13,17H,9-10,12H2. The van der Waals surface area contributed by atoms with Gasteiger partial charge in [0.05, 0.1) is 19.3 Å². The van der Waals surface area contributed by atoms with Gasteiger partial charge in [-0.1, -0.05) is 47.6 Å². The zero-order valence-corrected chi connectivity index (χ0v) is 13.5. The van der Waals surface area contributed by atoms with E-state index >= 15 is 0 Å². The van der Waals surface area contributed by atoms with Crippen LogP contribution in [0.3, 0.4) is 0 Å². The second-order valence-electron chi connectivity index (χ2n) is 5.84. The maximum atomic E-state index is 13.1. The number of morpholine rings is 1. The van der Waals surface area contributed by atoms with Gasteiger partial charge >= 0.3 is 0 Å². The Kier molecular flexibility index (Phi) is 4.26. The number of rotatable bonds is 3. The Morgan fingerprint density at radius 3 is 2.80 bits per heavy atom. The van der Waals surface area contributed by atoms with E-state index in [2.05, 4.69) is 10.1 Å². The summed E-state index contributed by atoms with van der Waals surface area (Å²) in [6, 6.07) is 17.2. The van der Waals surface area contributed by atoms with Crippen molar-refractivity contribution in [1.82, 2.24) is 15.0 Å². The molecule has 1 aliphatic rings. The Morgan fingerprint density at radius 2 is 2.00 bits per heavy atom. The molecule has 6 heteroatoms. The van der Waals surface area contributed by atoms with E-state index in [0.717, 1.165) is 11.1 Å². The molecule has 1 saturated heterocycles. The average Bonchev–Trinajstić information content (AvgIpc) is 3.23. The minimum absolute atomic E-state index is 0.0255. The Labute approximate surface area is 145 Å². The van der Waals surface area contributed by atoms with Crippen LogP contribution in [-0.4, -0.2) is 40.7 Å². The van der Waals surface area contributed by atoms with Crippen molar-refractivity contribution in [2.75, 3.05) is 19.8 Å². The smallest absolute Gasteiger partial charge is 0.254 e. The molecule has 0 radical (unpaired) electrons. The summed E-state index contributed by atoms with van der Waals surface area (Å²) in [5, 5.41) is 3.83. The summed E-state index contributed by atoms with van der Waals surface area (Å²) in [6.07, 6.45) is 1.28. The lowest BCUT2D eigenvalue weighted by Gasteiger charge is -2.36. The van der Waals surface area contributed by atoms with Crippen molar-refractivity contribution < 1.29 is 14.1 Å². The summed E-state index contributed by atoms with van der Waals surface area (Å²) >= 11 is 0. The fourth-order valence-electron chi connectivity index (χ4n) is 3.05. The van der Waals surface area contributed by atoms with Gasteiger partial charge in [-0.05, 0) is 17.7 Å². The number of nitrogens with zero attached hydrogens (tertiary/aromatic N) is 3. The fourth-order valence-corrected chi connectivity index (χ4v) is 3.05. The van der Waals surface area contributed by atoms with Crippen molar-refractivity contribution in [3.05, 3.63) is 72.1 Å². The molecule has 0 spiro atoms. The molecule has 25 heavy (non-hydrogen) atoms. The van der Waals surface area contributed by atoms with E-state index in [-0.39, 0.29) is 11.9 Å². The first-order chi connectivity index (χ1) is 12.3. The highest BCUT2D eigenvalue weighted by atomic mass is 16.5. The van der Waals surface area contributed by atoms with Crippen LogP contribution < -0.4 is 0 Å². The molecule has 0 bridgehead atoms. The van der Waals surface area contributed by atoms with Gasteiger partial charge in [-0.15, -0.1) is 0 Å². The Morgan fingerprint density at radius 1 is 1.12 bits per heavy atom. The minimum atomic E-state index is -0.0868. The molecule has 1 amide bonds. The van der Waals surface area contributed by atoms with Gasteiger partial charge < -0.3 is 14.2 Å². The summed E-state index contributed by atoms with van der Waals surface area (Å²) in [5.41, 5.74) is 2.43. The number of aromatic nitrogens is 2. The lowest BCUT2D eigenvalue weighted by Crippen LogP contribution is -2.43. The number of carbonyl (C=O) groups excluding carboxylic acids is 1. The summed E-state index contributed by atoms with van der Waals surface area (Å²) in [6.45, 7) is 1.60. The van der Waals surface area contributed by atoms with Gasteiger partial charge in [0.1, 0.15) is 0 Å². The SMILES string of the molecule is O=C(c1cccc(-c2ncon2)c1)N1CCOCC1c1ccccc1. The molecular formula is C19H17N3O3. The van der Waals surface area contributed by atoms with E-state index in [1.54, 1.807) is 6.07 Å². The molecule has 0 aliphatic carbocycles. The maximum Gasteiger partial charge on any atom is 0.254 e. The second-order valence-corrected chi connectivity index (χ2v) is 5.84. The predicted octanol–water partition coefficient (Wildman–Crippen LogP) is 2.95. The fraction of sp³-hybridized carbons (Fsp3) is 0.211. The third-order valence-electron chi connectivity index (χ3n) is 4.30. The van der Waals surface area contributed by atoms with Crippen molar-refractivity contribution in [2.24, 2.45) is 0 Å². The molecule has 2 aromatic carbocycles. The van der Waals surface area contributed by atoms with E-state index in [1.807, 2.05) is 53.4 Å². The summed E-state index contributed by atoms with van der Waals surface area (Å²) in [5.74, 6) is 0.443. The number of ether oxygens (including phenoxy) is 1. The van der Waals surface area contributed by atoms with Gasteiger partial charge in [-0.25, -0.2) is 0 Å². The quantitative estimate of drug-likeness (QED) is 0.736. The van der Waals surface area contributed by atoms with Gasteiger partial charge in [0.25, 0.3) is 5.91 Å². The van der Waals surface area contributed by atoms with E-state index in [4.69, 9.17) is 9.26 Å². The molecule has 3 aromatic rings. The highest BCUT2D eigenvalue weighted by Crippen LogP contribution is 2.26. The van der Waals surface area contributed by atoms with Crippen LogP contribution in [0.4, 0.5) is 0 Å². The molecule has 126 valence electrons. The number of amides is 1. The number of hydrogen-bond donors (Lipinski definition) is 0. The summed E-state index contributed by atoms with van der Waals surface area (Å²) < 4.78 is 10.4. The van der Waals surface area contributed by atoms with Crippen molar-refractivity contribution in [3.8, 4) is 11.4 Å². The Balaban J connectivity index is 1.64. The van der Waals surface area contributed by atoms with E-state index in [0.29, 0.717) is 31.1 Å². The third-order valence-corrected chi connectivity index (χ3v) is 4.30. The normalized spacial score (nSPS) is 17.4. The first kappa shape index (κ1) is 15.5. The molecule has 1 fully saturated rings. The van der Waals surface area contributed by atoms with Crippen LogP contribution in [0.25, 0.3) is 11.4 Å². The van der Waals surface area contributed by atoms with Crippen molar-refractivity contribution in [1.29, 1.82) is 0 Å². The predicted molar refractivity (Wildman–Crippen MR) is 90.8 cm³/mol. The van der Waals surface area contributed by atoms with Gasteiger partial charge in [0.2, 0.25) is 12.2 Å². The zero-order valence-electron chi connectivity index (χ0n) is 13.5. The van der Waals surface area contributed by atoms with Gasteiger partial charge in [0.15, 0.2) is 0 Å². The average molecular weight is 335 g/mol. The van der Waals surface area contributed by atoms with Crippen LogP contribution in [-0.2, 0) is 4.74 Å². The lowest BCUT2D eigenvalue weighted by molar-refractivity contribution is -0.00269. The molecule has 0 N–H and O–H groups in total.